The molecule has 1 saturated heterocycles. The Morgan fingerprint density at radius 1 is 1.03 bits per heavy atom. The molecular weight excluding hydrogens is 401 g/mol. The van der Waals surface area contributed by atoms with Crippen LogP contribution in [0.25, 0.3) is 0 Å². The number of hydrogen-bond acceptors (Lipinski definition) is 5. The third kappa shape index (κ3) is 5.14. The summed E-state index contributed by atoms with van der Waals surface area (Å²) in [6.45, 7) is 1.93. The van der Waals surface area contributed by atoms with E-state index in [0.717, 1.165) is 12.8 Å². The molecule has 3 rings (SSSR count). The van der Waals surface area contributed by atoms with Crippen molar-refractivity contribution < 1.29 is 27.2 Å². The Hall–Kier alpha value is -2.44. The Bertz CT molecular complexity index is 839. The van der Waals surface area contributed by atoms with Crippen LogP contribution in [-0.2, 0) is 9.36 Å². The van der Waals surface area contributed by atoms with Crippen molar-refractivity contribution in [3.63, 3.8) is 0 Å². The van der Waals surface area contributed by atoms with Gasteiger partial charge in [-0.05, 0) is 74.7 Å². The van der Waals surface area contributed by atoms with Crippen LogP contribution < -0.4 is 14.8 Å². The predicted molar refractivity (Wildman–Crippen MR) is 105 cm³/mol. The van der Waals surface area contributed by atoms with Gasteiger partial charge < -0.3 is 19.7 Å². The molecule has 2 atom stereocenters. The maximum atomic E-state index is 13.9. The fourth-order valence-corrected chi connectivity index (χ4v) is 5.37. The van der Waals surface area contributed by atoms with E-state index in [-0.39, 0.29) is 17.4 Å². The average Bonchev–Trinajstić information content (AvgIpc) is 2.71. The number of halogens is 2. The van der Waals surface area contributed by atoms with Crippen molar-refractivity contribution >= 4 is 13.5 Å². The smallest absolute Gasteiger partial charge is 0.415 e. The summed E-state index contributed by atoms with van der Waals surface area (Å²) in [5.74, 6) is -1.91. The van der Waals surface area contributed by atoms with Crippen molar-refractivity contribution in [1.82, 2.24) is 4.90 Å². The minimum atomic E-state index is -4.01. The molecule has 0 bridgehead atoms. The SMILES string of the molecule is C[C@H](N)C(=O)N1CCCCC1P(=O)(Oc1ccc(F)cc1)Oc1ccc(F)cc1. The standard InChI is InChI=1S/C20H23F2N2O4P/c1-14(23)20(25)24-13-3-2-4-19(24)29(26,27-17-9-5-15(21)6-10-17)28-18-11-7-16(22)8-12-18/h5-12,14,19H,2-4,13,23H2,1H3/t14-,19?/m0/s1. The number of piperidine rings is 1. The summed E-state index contributed by atoms with van der Waals surface area (Å²) in [7, 11) is -4.01. The molecule has 0 aromatic heterocycles. The molecule has 29 heavy (non-hydrogen) atoms. The first-order valence-corrected chi connectivity index (χ1v) is 11.0. The molecule has 2 aromatic rings. The molecule has 1 heterocycles. The van der Waals surface area contributed by atoms with E-state index in [2.05, 4.69) is 0 Å². The maximum absolute atomic E-state index is 13.9. The Labute approximate surface area is 168 Å². The fourth-order valence-electron chi connectivity index (χ4n) is 3.19. The lowest BCUT2D eigenvalue weighted by molar-refractivity contribution is -0.134. The second-order valence-corrected chi connectivity index (χ2v) is 8.97. The summed E-state index contributed by atoms with van der Waals surface area (Å²) in [6.07, 6.45) is 1.84. The maximum Gasteiger partial charge on any atom is 0.453 e. The van der Waals surface area contributed by atoms with Gasteiger partial charge in [-0.2, -0.15) is 0 Å². The van der Waals surface area contributed by atoms with E-state index in [1.807, 2.05) is 0 Å². The largest absolute Gasteiger partial charge is 0.453 e. The summed E-state index contributed by atoms with van der Waals surface area (Å²) in [6, 6.07) is 9.22. The number of nitrogens with two attached hydrogens (primary N) is 1. The van der Waals surface area contributed by atoms with Gasteiger partial charge in [-0.3, -0.25) is 4.79 Å². The minimum Gasteiger partial charge on any atom is -0.415 e. The van der Waals surface area contributed by atoms with Crippen molar-refractivity contribution in [2.45, 2.75) is 38.0 Å². The van der Waals surface area contributed by atoms with E-state index < -0.39 is 31.1 Å². The van der Waals surface area contributed by atoms with Crippen molar-refractivity contribution in [2.24, 2.45) is 5.73 Å². The van der Waals surface area contributed by atoms with E-state index in [4.69, 9.17) is 14.8 Å². The molecule has 2 N–H and O–H groups in total. The highest BCUT2D eigenvalue weighted by Crippen LogP contribution is 2.56. The molecule has 0 aliphatic carbocycles. The quantitative estimate of drug-likeness (QED) is 0.700. The van der Waals surface area contributed by atoms with Crippen LogP contribution in [0.3, 0.4) is 0 Å². The van der Waals surface area contributed by atoms with Gasteiger partial charge in [0, 0.05) is 6.54 Å². The van der Waals surface area contributed by atoms with Crippen LogP contribution in [0, 0.1) is 11.6 Å². The molecule has 0 radical (unpaired) electrons. The lowest BCUT2D eigenvalue weighted by Gasteiger charge is -2.39. The number of likely N-dealkylation sites (tertiary alicyclic amines) is 1. The highest BCUT2D eigenvalue weighted by Gasteiger charge is 2.46. The van der Waals surface area contributed by atoms with Gasteiger partial charge >= 0.3 is 7.60 Å². The predicted octanol–water partition coefficient (Wildman–Crippen LogP) is 4.30. The van der Waals surface area contributed by atoms with Crippen molar-refractivity contribution in [1.29, 1.82) is 0 Å². The fraction of sp³-hybridized carbons (Fsp3) is 0.350. The normalized spacial score (nSPS) is 18.2. The number of rotatable bonds is 6. The van der Waals surface area contributed by atoms with Crippen molar-refractivity contribution in [3.05, 3.63) is 60.2 Å². The molecule has 156 valence electrons. The molecule has 1 aliphatic rings. The number of amides is 1. The van der Waals surface area contributed by atoms with Crippen LogP contribution in [-0.4, -0.2) is 29.2 Å². The van der Waals surface area contributed by atoms with Gasteiger partial charge in [0.1, 0.15) is 23.1 Å². The molecule has 1 aliphatic heterocycles. The lowest BCUT2D eigenvalue weighted by Crippen LogP contribution is -2.50. The zero-order valence-electron chi connectivity index (χ0n) is 16.0. The third-order valence-corrected chi connectivity index (χ3v) is 6.80. The molecule has 2 aromatic carbocycles. The first-order valence-electron chi connectivity index (χ1n) is 9.34. The molecule has 1 unspecified atom stereocenters. The highest BCUT2D eigenvalue weighted by molar-refractivity contribution is 7.55. The number of benzene rings is 2. The molecule has 1 fully saturated rings. The topological polar surface area (TPSA) is 81.9 Å². The summed E-state index contributed by atoms with van der Waals surface area (Å²) < 4.78 is 51.9. The number of nitrogens with zero attached hydrogens (tertiary/aromatic N) is 1. The third-order valence-electron chi connectivity index (χ3n) is 4.60. The van der Waals surface area contributed by atoms with Crippen molar-refractivity contribution in [2.75, 3.05) is 6.54 Å². The van der Waals surface area contributed by atoms with Gasteiger partial charge in [-0.25, -0.2) is 13.3 Å². The molecule has 0 spiro atoms. The molecule has 0 saturated carbocycles. The van der Waals surface area contributed by atoms with E-state index in [1.54, 1.807) is 6.92 Å². The molecule has 1 amide bonds. The Kier molecular flexibility index (Phi) is 6.55. The van der Waals surface area contributed by atoms with Crippen LogP contribution in [0.5, 0.6) is 11.5 Å². The van der Waals surface area contributed by atoms with Gasteiger partial charge in [0.2, 0.25) is 5.91 Å². The molecular formula is C20H23F2N2O4P. The van der Waals surface area contributed by atoms with E-state index >= 15 is 0 Å². The highest BCUT2D eigenvalue weighted by atomic mass is 31.2. The monoisotopic (exact) mass is 424 g/mol. The Morgan fingerprint density at radius 3 is 1.97 bits per heavy atom. The number of carbonyl (C=O) groups is 1. The minimum absolute atomic E-state index is 0.135. The second-order valence-electron chi connectivity index (χ2n) is 6.93. The zero-order valence-corrected chi connectivity index (χ0v) is 16.9. The van der Waals surface area contributed by atoms with Crippen LogP contribution >= 0.6 is 7.60 Å². The lowest BCUT2D eigenvalue weighted by atomic mass is 10.1. The van der Waals surface area contributed by atoms with Gasteiger partial charge in [0.25, 0.3) is 0 Å². The number of hydrogen-bond donors (Lipinski definition) is 1. The van der Waals surface area contributed by atoms with Gasteiger partial charge in [0.05, 0.1) is 6.04 Å². The van der Waals surface area contributed by atoms with Crippen LogP contribution in [0.2, 0.25) is 0 Å². The molecule has 9 heteroatoms. The molecule has 6 nitrogen and oxygen atoms in total. The van der Waals surface area contributed by atoms with Crippen LogP contribution in [0.15, 0.2) is 48.5 Å². The first kappa shape index (κ1) is 21.3. The summed E-state index contributed by atoms with van der Waals surface area (Å²) in [5, 5.41) is 0. The summed E-state index contributed by atoms with van der Waals surface area (Å²) in [5.41, 5.74) is 5.76. The average molecular weight is 424 g/mol. The van der Waals surface area contributed by atoms with E-state index in [9.17, 15) is 18.1 Å². The zero-order chi connectivity index (χ0) is 21.0. The van der Waals surface area contributed by atoms with Gasteiger partial charge in [-0.15, -0.1) is 0 Å². The number of carbonyl (C=O) groups excluding carboxylic acids is 1. The van der Waals surface area contributed by atoms with Crippen LogP contribution in [0.1, 0.15) is 26.2 Å². The summed E-state index contributed by atoms with van der Waals surface area (Å²) >= 11 is 0. The van der Waals surface area contributed by atoms with Gasteiger partial charge in [-0.1, -0.05) is 0 Å². The van der Waals surface area contributed by atoms with Crippen LogP contribution in [0.4, 0.5) is 8.78 Å². The van der Waals surface area contributed by atoms with E-state index in [0.29, 0.717) is 13.0 Å². The summed E-state index contributed by atoms with van der Waals surface area (Å²) in [4.78, 5) is 14.1. The van der Waals surface area contributed by atoms with E-state index in [1.165, 1.54) is 53.4 Å². The Balaban J connectivity index is 1.97. The second kappa shape index (κ2) is 8.93. The van der Waals surface area contributed by atoms with Crippen molar-refractivity contribution in [3.8, 4) is 11.5 Å². The van der Waals surface area contributed by atoms with Gasteiger partial charge in [0.15, 0.2) is 5.78 Å². The Morgan fingerprint density at radius 2 is 1.52 bits per heavy atom. The first-order chi connectivity index (χ1) is 13.8.